The summed E-state index contributed by atoms with van der Waals surface area (Å²) >= 11 is 0. The second-order valence-corrected chi connectivity index (χ2v) is 6.89. The fourth-order valence-electron chi connectivity index (χ4n) is 3.47. The maximum absolute atomic E-state index is 13.3. The summed E-state index contributed by atoms with van der Waals surface area (Å²) in [6.07, 6.45) is 4.11. The molecular weight excluding hydrogens is 338 g/mol. The van der Waals surface area contributed by atoms with E-state index in [-0.39, 0.29) is 17.9 Å². The average molecular weight is 363 g/mol. The lowest BCUT2D eigenvalue weighted by atomic mass is 9.90. The molecule has 5 heteroatoms. The zero-order valence-corrected chi connectivity index (χ0v) is 15.6. The Morgan fingerprint density at radius 1 is 1.00 bits per heavy atom. The van der Waals surface area contributed by atoms with E-state index in [1.165, 1.54) is 0 Å². The molecule has 0 spiro atoms. The molecule has 5 nitrogen and oxygen atoms in total. The van der Waals surface area contributed by atoms with Gasteiger partial charge in [-0.25, -0.2) is 0 Å². The van der Waals surface area contributed by atoms with Gasteiger partial charge in [0.1, 0.15) is 0 Å². The van der Waals surface area contributed by atoms with Crippen molar-refractivity contribution < 1.29 is 9.59 Å². The Balaban J connectivity index is 2.01. The highest BCUT2D eigenvalue weighted by molar-refractivity contribution is 5.86. The van der Waals surface area contributed by atoms with Crippen LogP contribution in [-0.4, -0.2) is 35.8 Å². The molecule has 0 saturated carbocycles. The summed E-state index contributed by atoms with van der Waals surface area (Å²) in [6, 6.07) is 18.4. The highest BCUT2D eigenvalue weighted by Gasteiger charge is 2.36. The average Bonchev–Trinajstić information content (AvgIpc) is 2.81. The number of benzene rings is 2. The second kappa shape index (κ2) is 8.18. The molecule has 0 fully saturated rings. The van der Waals surface area contributed by atoms with Gasteiger partial charge in [0.15, 0.2) is 0 Å². The third-order valence-corrected chi connectivity index (χ3v) is 5.07. The first-order valence-corrected chi connectivity index (χ1v) is 9.09. The Labute approximate surface area is 159 Å². The number of carbonyl (C=O) groups excluding carboxylic acids is 2. The third kappa shape index (κ3) is 4.09. The number of amides is 2. The molecule has 2 amide bonds. The van der Waals surface area contributed by atoms with E-state index in [1.807, 2.05) is 60.7 Å². The topological polar surface area (TPSA) is 75.4 Å². The van der Waals surface area contributed by atoms with Crippen LogP contribution in [0.2, 0.25) is 0 Å². The molecule has 2 aromatic carbocycles. The van der Waals surface area contributed by atoms with E-state index in [2.05, 4.69) is 17.5 Å². The van der Waals surface area contributed by atoms with Crippen LogP contribution in [0.3, 0.4) is 0 Å². The smallest absolute Gasteiger partial charge is 0.241 e. The van der Waals surface area contributed by atoms with Crippen LogP contribution in [0, 0.1) is 0 Å². The normalized spacial score (nSPS) is 23.7. The first-order valence-electron chi connectivity index (χ1n) is 9.09. The molecule has 0 bridgehead atoms. The Hall–Kier alpha value is -2.92. The molecule has 0 aromatic heterocycles. The Bertz CT molecular complexity index is 820. The molecule has 27 heavy (non-hydrogen) atoms. The van der Waals surface area contributed by atoms with E-state index >= 15 is 0 Å². The van der Waals surface area contributed by atoms with E-state index in [0.717, 1.165) is 11.1 Å². The van der Waals surface area contributed by atoms with E-state index in [0.29, 0.717) is 0 Å². The zero-order chi connectivity index (χ0) is 19.4. The van der Waals surface area contributed by atoms with Crippen LogP contribution in [0.5, 0.6) is 0 Å². The van der Waals surface area contributed by atoms with E-state index < -0.39 is 18.0 Å². The SMILES string of the molecule is C[C@H](N[C@@H]1C(=O)N(C)[C@H](c2ccccc2)C=C[C@H]1c1ccccc1)C(N)=O. The van der Waals surface area contributed by atoms with Gasteiger partial charge in [0, 0.05) is 13.0 Å². The van der Waals surface area contributed by atoms with Gasteiger partial charge in [-0.05, 0) is 18.1 Å². The zero-order valence-electron chi connectivity index (χ0n) is 15.6. The number of carbonyl (C=O) groups is 2. The quantitative estimate of drug-likeness (QED) is 0.801. The van der Waals surface area contributed by atoms with Gasteiger partial charge < -0.3 is 10.6 Å². The largest absolute Gasteiger partial charge is 0.368 e. The number of likely N-dealkylation sites (N-methyl/N-ethyl adjacent to an activating group) is 1. The molecule has 0 unspecified atom stereocenters. The van der Waals surface area contributed by atoms with Gasteiger partial charge in [0.25, 0.3) is 0 Å². The minimum absolute atomic E-state index is 0.0733. The molecule has 0 radical (unpaired) electrons. The van der Waals surface area contributed by atoms with Gasteiger partial charge >= 0.3 is 0 Å². The summed E-state index contributed by atoms with van der Waals surface area (Å²) < 4.78 is 0. The van der Waals surface area contributed by atoms with Crippen molar-refractivity contribution in [1.29, 1.82) is 0 Å². The van der Waals surface area contributed by atoms with E-state index in [9.17, 15) is 9.59 Å². The molecule has 2 aromatic rings. The van der Waals surface area contributed by atoms with Crippen LogP contribution in [-0.2, 0) is 9.59 Å². The summed E-state index contributed by atoms with van der Waals surface area (Å²) in [7, 11) is 1.79. The number of nitrogens with two attached hydrogens (primary N) is 1. The Kier molecular flexibility index (Phi) is 5.72. The summed E-state index contributed by atoms with van der Waals surface area (Å²) in [6.45, 7) is 1.68. The van der Waals surface area contributed by atoms with Gasteiger partial charge in [-0.1, -0.05) is 72.8 Å². The lowest BCUT2D eigenvalue weighted by molar-refractivity contribution is -0.134. The van der Waals surface area contributed by atoms with Gasteiger partial charge in [-0.3, -0.25) is 14.9 Å². The second-order valence-electron chi connectivity index (χ2n) is 6.89. The van der Waals surface area contributed by atoms with Crippen molar-refractivity contribution in [1.82, 2.24) is 10.2 Å². The molecule has 1 aliphatic heterocycles. The van der Waals surface area contributed by atoms with E-state index in [4.69, 9.17) is 5.73 Å². The predicted octanol–water partition coefficient (Wildman–Crippen LogP) is 2.37. The monoisotopic (exact) mass is 363 g/mol. The molecular formula is C22H25N3O2. The number of nitrogens with one attached hydrogen (secondary N) is 1. The van der Waals surface area contributed by atoms with Crippen molar-refractivity contribution in [3.8, 4) is 0 Å². The van der Waals surface area contributed by atoms with Crippen molar-refractivity contribution in [2.75, 3.05) is 7.05 Å². The molecule has 4 atom stereocenters. The summed E-state index contributed by atoms with van der Waals surface area (Å²) in [4.78, 5) is 26.7. The highest BCUT2D eigenvalue weighted by Crippen LogP contribution is 2.32. The molecule has 3 rings (SSSR count). The summed E-state index contributed by atoms with van der Waals surface area (Å²) in [5, 5.41) is 3.14. The Morgan fingerprint density at radius 2 is 1.56 bits per heavy atom. The predicted molar refractivity (Wildman–Crippen MR) is 106 cm³/mol. The van der Waals surface area contributed by atoms with E-state index in [1.54, 1.807) is 18.9 Å². The van der Waals surface area contributed by atoms with Gasteiger partial charge in [-0.15, -0.1) is 0 Å². The number of rotatable bonds is 5. The van der Waals surface area contributed by atoms with Crippen LogP contribution < -0.4 is 11.1 Å². The van der Waals surface area contributed by atoms with Crippen LogP contribution in [0.15, 0.2) is 72.8 Å². The van der Waals surface area contributed by atoms with Crippen LogP contribution >= 0.6 is 0 Å². The van der Waals surface area contributed by atoms with Crippen LogP contribution in [0.4, 0.5) is 0 Å². The maximum Gasteiger partial charge on any atom is 0.241 e. The first-order chi connectivity index (χ1) is 13.0. The molecule has 1 heterocycles. The van der Waals surface area contributed by atoms with Crippen LogP contribution in [0.25, 0.3) is 0 Å². The van der Waals surface area contributed by atoms with Crippen LogP contribution in [0.1, 0.15) is 30.0 Å². The maximum atomic E-state index is 13.3. The van der Waals surface area contributed by atoms with Crippen molar-refractivity contribution in [3.05, 3.63) is 83.9 Å². The third-order valence-electron chi connectivity index (χ3n) is 5.07. The number of primary amides is 1. The molecule has 140 valence electrons. The molecule has 0 saturated heterocycles. The molecule has 1 aliphatic rings. The fraction of sp³-hybridized carbons (Fsp3) is 0.273. The van der Waals surface area contributed by atoms with Gasteiger partial charge in [-0.2, -0.15) is 0 Å². The lowest BCUT2D eigenvalue weighted by Gasteiger charge is -2.31. The summed E-state index contributed by atoms with van der Waals surface area (Å²) in [5.41, 5.74) is 7.48. The number of nitrogens with zero attached hydrogens (tertiary/aromatic N) is 1. The standard InChI is InChI=1S/C22H25N3O2/c1-15(21(23)26)24-20-18(16-9-5-3-6-10-16)13-14-19(25(2)22(20)27)17-11-7-4-8-12-17/h3-15,18-20,24H,1-2H3,(H2,23,26)/t15-,18-,19-,20-/m0/s1. The Morgan fingerprint density at radius 3 is 2.11 bits per heavy atom. The van der Waals surface area contributed by atoms with Crippen molar-refractivity contribution >= 4 is 11.8 Å². The first kappa shape index (κ1) is 18.9. The van der Waals surface area contributed by atoms with Crippen molar-refractivity contribution in [2.24, 2.45) is 5.73 Å². The highest BCUT2D eigenvalue weighted by atomic mass is 16.2. The van der Waals surface area contributed by atoms with Gasteiger partial charge in [0.2, 0.25) is 11.8 Å². The number of hydrogen-bond donors (Lipinski definition) is 2. The fourth-order valence-corrected chi connectivity index (χ4v) is 3.47. The molecule has 3 N–H and O–H groups in total. The van der Waals surface area contributed by atoms with Crippen molar-refractivity contribution in [3.63, 3.8) is 0 Å². The molecule has 0 aliphatic carbocycles. The minimum atomic E-state index is -0.611. The van der Waals surface area contributed by atoms with Gasteiger partial charge in [0.05, 0.1) is 18.1 Å². The van der Waals surface area contributed by atoms with Crippen molar-refractivity contribution in [2.45, 2.75) is 31.0 Å². The minimum Gasteiger partial charge on any atom is -0.368 e. The number of hydrogen-bond acceptors (Lipinski definition) is 3. The summed E-state index contributed by atoms with van der Waals surface area (Å²) in [5.74, 6) is -0.752. The lowest BCUT2D eigenvalue weighted by Crippen LogP contribution is -2.53.